The molecule has 1 rings (SSSR count). The number of halogens is 3. The Balaban J connectivity index is 2.85. The van der Waals surface area contributed by atoms with Gasteiger partial charge < -0.3 is 5.32 Å². The summed E-state index contributed by atoms with van der Waals surface area (Å²) in [7, 11) is 0. The van der Waals surface area contributed by atoms with Gasteiger partial charge in [-0.1, -0.05) is 13.8 Å². The third-order valence-corrected chi connectivity index (χ3v) is 1.69. The quantitative estimate of drug-likeness (QED) is 0.744. The van der Waals surface area contributed by atoms with E-state index >= 15 is 0 Å². The smallest absolute Gasteiger partial charge is 0.182 e. The van der Waals surface area contributed by atoms with E-state index in [-0.39, 0.29) is 11.6 Å². The first kappa shape index (κ1) is 10.9. The Morgan fingerprint density at radius 3 is 2.43 bits per heavy atom. The fourth-order valence-electron chi connectivity index (χ4n) is 0.999. The number of anilines is 1. The highest BCUT2D eigenvalue weighted by Gasteiger charge is 2.10. The number of rotatable bonds is 3. The van der Waals surface area contributed by atoms with E-state index in [1.165, 1.54) is 0 Å². The van der Waals surface area contributed by atoms with Crippen LogP contribution in [-0.4, -0.2) is 6.54 Å². The van der Waals surface area contributed by atoms with Crippen molar-refractivity contribution in [3.05, 3.63) is 29.6 Å². The summed E-state index contributed by atoms with van der Waals surface area (Å²) in [4.78, 5) is 0. The van der Waals surface area contributed by atoms with Crippen molar-refractivity contribution in [3.63, 3.8) is 0 Å². The van der Waals surface area contributed by atoms with Gasteiger partial charge in [0, 0.05) is 18.7 Å². The Morgan fingerprint density at radius 2 is 1.86 bits per heavy atom. The van der Waals surface area contributed by atoms with Crippen LogP contribution in [0.25, 0.3) is 0 Å². The molecule has 0 aromatic heterocycles. The van der Waals surface area contributed by atoms with Crippen molar-refractivity contribution in [2.75, 3.05) is 11.9 Å². The van der Waals surface area contributed by atoms with Crippen molar-refractivity contribution in [2.24, 2.45) is 5.92 Å². The fourth-order valence-corrected chi connectivity index (χ4v) is 0.999. The number of hydrogen-bond acceptors (Lipinski definition) is 1. The van der Waals surface area contributed by atoms with Crippen LogP contribution in [0, 0.1) is 23.4 Å². The van der Waals surface area contributed by atoms with E-state index in [9.17, 15) is 13.2 Å². The molecule has 0 amide bonds. The molecule has 0 aliphatic carbocycles. The van der Waals surface area contributed by atoms with Crippen molar-refractivity contribution in [1.82, 2.24) is 0 Å². The van der Waals surface area contributed by atoms with Gasteiger partial charge in [-0.15, -0.1) is 0 Å². The summed E-state index contributed by atoms with van der Waals surface area (Å²) in [5.74, 6) is -2.71. The van der Waals surface area contributed by atoms with Gasteiger partial charge in [0.25, 0.3) is 0 Å². The molecule has 1 aromatic rings. The Morgan fingerprint density at radius 1 is 1.21 bits per heavy atom. The molecule has 14 heavy (non-hydrogen) atoms. The largest absolute Gasteiger partial charge is 0.382 e. The number of hydrogen-bond donors (Lipinski definition) is 1. The summed E-state index contributed by atoms with van der Waals surface area (Å²) in [5, 5.41) is 2.64. The lowest BCUT2D eigenvalue weighted by Crippen LogP contribution is -2.10. The van der Waals surface area contributed by atoms with Crippen LogP contribution >= 0.6 is 0 Å². The molecule has 0 unspecified atom stereocenters. The predicted molar refractivity (Wildman–Crippen MR) is 49.6 cm³/mol. The lowest BCUT2D eigenvalue weighted by molar-refractivity contribution is 0.496. The summed E-state index contributed by atoms with van der Waals surface area (Å²) in [6.07, 6.45) is 0. The molecule has 78 valence electrons. The van der Waals surface area contributed by atoms with E-state index in [1.807, 2.05) is 13.8 Å². The first-order valence-electron chi connectivity index (χ1n) is 4.39. The zero-order valence-corrected chi connectivity index (χ0v) is 8.07. The normalized spacial score (nSPS) is 10.7. The average molecular weight is 203 g/mol. The topological polar surface area (TPSA) is 12.0 Å². The second-order valence-corrected chi connectivity index (χ2v) is 3.52. The van der Waals surface area contributed by atoms with Gasteiger partial charge in [-0.05, 0) is 5.92 Å². The molecule has 0 atom stereocenters. The van der Waals surface area contributed by atoms with Crippen LogP contribution < -0.4 is 5.32 Å². The molecule has 1 aromatic carbocycles. The molecular weight excluding hydrogens is 191 g/mol. The maximum Gasteiger partial charge on any atom is 0.182 e. The van der Waals surface area contributed by atoms with E-state index in [0.29, 0.717) is 12.6 Å². The minimum Gasteiger partial charge on any atom is -0.382 e. The first-order chi connectivity index (χ1) is 6.50. The summed E-state index contributed by atoms with van der Waals surface area (Å²) in [5.41, 5.74) is -0.129. The summed E-state index contributed by atoms with van der Waals surface area (Å²) >= 11 is 0. The molecule has 1 N–H and O–H groups in total. The third kappa shape index (κ3) is 2.65. The second kappa shape index (κ2) is 4.35. The molecule has 4 heteroatoms. The van der Waals surface area contributed by atoms with Crippen LogP contribution in [0.2, 0.25) is 0 Å². The molecular formula is C10H12F3N. The SMILES string of the molecule is CC(C)CNc1cc(F)cc(F)c1F. The minimum absolute atomic E-state index is 0.129. The van der Waals surface area contributed by atoms with Crippen LogP contribution in [0.15, 0.2) is 12.1 Å². The molecule has 0 aliphatic rings. The maximum atomic E-state index is 13.0. The van der Waals surface area contributed by atoms with E-state index < -0.39 is 17.5 Å². The molecule has 0 saturated carbocycles. The highest BCUT2D eigenvalue weighted by molar-refractivity contribution is 5.45. The van der Waals surface area contributed by atoms with E-state index in [0.717, 1.165) is 6.07 Å². The van der Waals surface area contributed by atoms with Gasteiger partial charge in [0.2, 0.25) is 0 Å². The van der Waals surface area contributed by atoms with Crippen molar-refractivity contribution >= 4 is 5.69 Å². The lowest BCUT2D eigenvalue weighted by Gasteiger charge is -2.10. The fraction of sp³-hybridized carbons (Fsp3) is 0.400. The molecule has 0 spiro atoms. The number of nitrogens with one attached hydrogen (secondary N) is 1. The molecule has 0 bridgehead atoms. The monoisotopic (exact) mass is 203 g/mol. The third-order valence-electron chi connectivity index (χ3n) is 1.69. The number of benzene rings is 1. The molecule has 0 saturated heterocycles. The van der Waals surface area contributed by atoms with Gasteiger partial charge in [-0.25, -0.2) is 13.2 Å². The molecule has 0 radical (unpaired) electrons. The second-order valence-electron chi connectivity index (χ2n) is 3.52. The van der Waals surface area contributed by atoms with Crippen molar-refractivity contribution in [2.45, 2.75) is 13.8 Å². The van der Waals surface area contributed by atoms with Gasteiger partial charge >= 0.3 is 0 Å². The Bertz CT molecular complexity index is 323. The standard InChI is InChI=1S/C10H12F3N/c1-6(2)5-14-9-4-7(11)3-8(12)10(9)13/h3-4,6,14H,5H2,1-2H3. The highest BCUT2D eigenvalue weighted by Crippen LogP contribution is 2.19. The van der Waals surface area contributed by atoms with E-state index in [4.69, 9.17) is 0 Å². The van der Waals surface area contributed by atoms with Crippen LogP contribution in [-0.2, 0) is 0 Å². The van der Waals surface area contributed by atoms with Crippen LogP contribution in [0.4, 0.5) is 18.9 Å². The Labute approximate surface area is 80.9 Å². The van der Waals surface area contributed by atoms with Crippen molar-refractivity contribution in [3.8, 4) is 0 Å². The zero-order valence-electron chi connectivity index (χ0n) is 8.07. The lowest BCUT2D eigenvalue weighted by atomic mass is 10.2. The summed E-state index contributed by atoms with van der Waals surface area (Å²) in [6, 6.07) is 1.47. The summed E-state index contributed by atoms with van der Waals surface area (Å²) in [6.45, 7) is 4.31. The zero-order chi connectivity index (χ0) is 10.7. The van der Waals surface area contributed by atoms with Gasteiger partial charge in [0.15, 0.2) is 11.6 Å². The minimum atomic E-state index is -1.17. The maximum absolute atomic E-state index is 13.0. The van der Waals surface area contributed by atoms with Crippen molar-refractivity contribution < 1.29 is 13.2 Å². The van der Waals surface area contributed by atoms with Crippen LogP contribution in [0.3, 0.4) is 0 Å². The first-order valence-corrected chi connectivity index (χ1v) is 4.39. The van der Waals surface area contributed by atoms with Crippen LogP contribution in [0.5, 0.6) is 0 Å². The van der Waals surface area contributed by atoms with Crippen LogP contribution in [0.1, 0.15) is 13.8 Å². The molecule has 0 aliphatic heterocycles. The predicted octanol–water partition coefficient (Wildman–Crippen LogP) is 3.17. The van der Waals surface area contributed by atoms with E-state index in [2.05, 4.69) is 5.32 Å². The van der Waals surface area contributed by atoms with Crippen molar-refractivity contribution in [1.29, 1.82) is 0 Å². The summed E-state index contributed by atoms with van der Waals surface area (Å²) < 4.78 is 38.4. The highest BCUT2D eigenvalue weighted by atomic mass is 19.2. The molecule has 0 fully saturated rings. The Hall–Kier alpha value is -1.19. The average Bonchev–Trinajstić information content (AvgIpc) is 2.08. The van der Waals surface area contributed by atoms with E-state index in [1.54, 1.807) is 0 Å². The van der Waals surface area contributed by atoms with Gasteiger partial charge in [0.05, 0.1) is 5.69 Å². The Kier molecular flexibility index (Phi) is 3.38. The molecule has 1 nitrogen and oxygen atoms in total. The van der Waals surface area contributed by atoms with Gasteiger partial charge in [-0.3, -0.25) is 0 Å². The van der Waals surface area contributed by atoms with Gasteiger partial charge in [0.1, 0.15) is 5.82 Å². The molecule has 0 heterocycles. The van der Waals surface area contributed by atoms with Gasteiger partial charge in [-0.2, -0.15) is 0 Å².